The van der Waals surface area contributed by atoms with E-state index in [2.05, 4.69) is 6.92 Å². The molecule has 0 aromatic carbocycles. The number of allylic oxidation sites excluding steroid dienone is 2. The minimum absolute atomic E-state index is 0.0512. The van der Waals surface area contributed by atoms with Crippen LogP contribution in [-0.4, -0.2) is 58.4 Å². The number of carbonyl (C=O) groups is 2. The van der Waals surface area contributed by atoms with E-state index in [9.17, 15) is 14.7 Å². The number of nitrogens with zero attached hydrogens (tertiary/aromatic N) is 1. The lowest BCUT2D eigenvalue weighted by molar-refractivity contribution is -0.262. The van der Waals surface area contributed by atoms with Crippen LogP contribution in [0.4, 0.5) is 8.78 Å². The molecule has 0 amide bonds. The number of ketones is 2. The lowest BCUT2D eigenvalue weighted by Gasteiger charge is -2.60. The highest BCUT2D eigenvalue weighted by atomic mass is 19.1. The molecular weight excluding hydrogens is 428 g/mol. The summed E-state index contributed by atoms with van der Waals surface area (Å²) in [5.74, 6) is -1.50. The number of rotatable bonds is 6. The first-order valence-corrected chi connectivity index (χ1v) is 12.5. The van der Waals surface area contributed by atoms with Gasteiger partial charge in [0.2, 0.25) is 0 Å². The highest BCUT2D eigenvalue weighted by molar-refractivity contribution is 5.90. The third-order valence-corrected chi connectivity index (χ3v) is 9.95. The van der Waals surface area contributed by atoms with Crippen molar-refractivity contribution >= 4 is 11.6 Å². The minimum atomic E-state index is -1.66. The van der Waals surface area contributed by atoms with Gasteiger partial charge in [-0.1, -0.05) is 26.8 Å². The number of aliphatic hydroxyl groups excluding tert-OH is 1. The Morgan fingerprint density at radius 2 is 1.94 bits per heavy atom. The Balaban J connectivity index is 1.76. The molecule has 1 heterocycles. The molecule has 1 aliphatic heterocycles. The third-order valence-electron chi connectivity index (χ3n) is 9.95. The van der Waals surface area contributed by atoms with Gasteiger partial charge >= 0.3 is 0 Å². The van der Waals surface area contributed by atoms with Gasteiger partial charge in [0.1, 0.15) is 18.4 Å². The Hall–Kier alpha value is -1.18. The summed E-state index contributed by atoms with van der Waals surface area (Å²) in [4.78, 5) is 31.4. The Bertz CT molecular complexity index is 850. The molecule has 3 saturated carbocycles. The number of halogens is 2. The normalized spacial score (nSPS) is 48.4. The van der Waals surface area contributed by atoms with Crippen LogP contribution in [0.1, 0.15) is 73.1 Å². The highest BCUT2D eigenvalue weighted by Crippen LogP contribution is 2.72. The second-order valence-electron chi connectivity index (χ2n) is 11.6. The van der Waals surface area contributed by atoms with E-state index in [1.165, 1.54) is 13.0 Å². The van der Waals surface area contributed by atoms with E-state index < -0.39 is 40.8 Å². The first-order valence-electron chi connectivity index (χ1n) is 12.5. The van der Waals surface area contributed by atoms with Crippen LogP contribution in [0.5, 0.6) is 0 Å². The number of hydrogen-bond donors (Lipinski definition) is 1. The summed E-state index contributed by atoms with van der Waals surface area (Å²) in [5.41, 5.74) is -4.64. The van der Waals surface area contributed by atoms with Gasteiger partial charge in [0.25, 0.3) is 0 Å². The van der Waals surface area contributed by atoms with Crippen molar-refractivity contribution in [2.75, 3.05) is 13.2 Å². The number of aliphatic hydroxyl groups is 1. The maximum Gasteiger partial charge on any atom is 0.192 e. The fraction of sp³-hybridized carbons (Fsp3) is 0.846. The van der Waals surface area contributed by atoms with Crippen LogP contribution in [0.3, 0.4) is 0 Å². The molecule has 4 fully saturated rings. The predicted octanol–water partition coefficient (Wildman–Crippen LogP) is 4.38. The van der Waals surface area contributed by atoms with Crippen LogP contribution in [0.2, 0.25) is 0 Å². The molecule has 9 atom stereocenters. The SMILES string of the molecule is CCC(C)N1C[C@@H]2CC3[C@@H]4C[C@H](F)C[C@](C)(/C=C\C(C)=O)[C@@]4(F)CC[C@]3(C)[C@]2(C(=O)CO)O1. The molecular formula is C26H39F2NO4. The van der Waals surface area contributed by atoms with Crippen molar-refractivity contribution in [1.82, 2.24) is 5.06 Å². The van der Waals surface area contributed by atoms with Gasteiger partial charge in [-0.25, -0.2) is 8.78 Å². The molecule has 2 unspecified atom stereocenters. The van der Waals surface area contributed by atoms with E-state index in [-0.39, 0.29) is 48.7 Å². The highest BCUT2D eigenvalue weighted by Gasteiger charge is 2.76. The molecule has 0 aromatic heterocycles. The monoisotopic (exact) mass is 467 g/mol. The van der Waals surface area contributed by atoms with Crippen LogP contribution >= 0.6 is 0 Å². The van der Waals surface area contributed by atoms with Crippen molar-refractivity contribution in [1.29, 1.82) is 0 Å². The lowest BCUT2D eigenvalue weighted by Crippen LogP contribution is -2.65. The van der Waals surface area contributed by atoms with Gasteiger partial charge < -0.3 is 5.11 Å². The van der Waals surface area contributed by atoms with Gasteiger partial charge in [-0.2, -0.15) is 5.06 Å². The number of hydroxylamine groups is 2. The number of fused-ring (bicyclic) bond motifs is 5. The molecule has 0 spiro atoms. The minimum Gasteiger partial charge on any atom is -0.388 e. The summed E-state index contributed by atoms with van der Waals surface area (Å²) in [6.07, 6.45) is 3.98. The zero-order valence-corrected chi connectivity index (χ0v) is 20.6. The van der Waals surface area contributed by atoms with Crippen molar-refractivity contribution < 1.29 is 28.3 Å². The maximum absolute atomic E-state index is 17.0. The van der Waals surface area contributed by atoms with Gasteiger partial charge in [0.05, 0.1) is 0 Å². The fourth-order valence-electron chi connectivity index (χ4n) is 7.97. The molecule has 1 N–H and O–H groups in total. The molecule has 0 aromatic rings. The average molecular weight is 468 g/mol. The lowest BCUT2D eigenvalue weighted by atomic mass is 9.46. The molecule has 7 heteroatoms. The Morgan fingerprint density at radius 1 is 1.24 bits per heavy atom. The molecule has 33 heavy (non-hydrogen) atoms. The van der Waals surface area contributed by atoms with E-state index in [0.717, 1.165) is 6.42 Å². The standard InChI is InChI=1S/C26H39F2NO4/c1-6-16(2)29-14-18-11-20-21-12-19(27)13-23(4,8-7-17(3)31)25(21,28)10-9-24(20,5)26(18,33-29)22(32)15-30/h7-8,16,18-21,30H,6,9-15H2,1-5H3/b8-7-/t16?,18-,19-,20?,21-,23-,24-,25+,26-/m0/s1. The van der Waals surface area contributed by atoms with E-state index >= 15 is 8.78 Å². The zero-order chi connectivity index (χ0) is 24.4. The average Bonchev–Trinajstić information content (AvgIpc) is 3.26. The van der Waals surface area contributed by atoms with Crippen LogP contribution in [-0.2, 0) is 14.4 Å². The number of hydrogen-bond acceptors (Lipinski definition) is 5. The largest absolute Gasteiger partial charge is 0.388 e. The smallest absolute Gasteiger partial charge is 0.192 e. The van der Waals surface area contributed by atoms with Crippen LogP contribution < -0.4 is 0 Å². The summed E-state index contributed by atoms with van der Waals surface area (Å²) in [6, 6.07) is 0.120. The van der Waals surface area contributed by atoms with Crippen LogP contribution in [0.15, 0.2) is 12.2 Å². The Kier molecular flexibility index (Phi) is 6.19. The Labute approximate surface area is 195 Å². The molecule has 0 radical (unpaired) electrons. The van der Waals surface area contributed by atoms with E-state index in [1.54, 1.807) is 13.0 Å². The summed E-state index contributed by atoms with van der Waals surface area (Å²) >= 11 is 0. The first-order chi connectivity index (χ1) is 15.4. The van der Waals surface area contributed by atoms with Gasteiger partial charge in [-0.3, -0.25) is 14.4 Å². The quantitative estimate of drug-likeness (QED) is 0.588. The second kappa shape index (κ2) is 8.20. The first kappa shape index (κ1) is 24.9. The molecule has 186 valence electrons. The fourth-order valence-corrected chi connectivity index (χ4v) is 7.97. The zero-order valence-electron chi connectivity index (χ0n) is 20.6. The van der Waals surface area contributed by atoms with Gasteiger partial charge in [-0.05, 0) is 64.4 Å². The van der Waals surface area contributed by atoms with Crippen molar-refractivity contribution in [2.24, 2.45) is 28.6 Å². The van der Waals surface area contributed by atoms with Crippen molar-refractivity contribution in [3.05, 3.63) is 12.2 Å². The molecule has 4 rings (SSSR count). The van der Waals surface area contributed by atoms with Gasteiger partial charge in [-0.15, -0.1) is 0 Å². The van der Waals surface area contributed by atoms with Gasteiger partial charge in [0, 0.05) is 35.3 Å². The molecule has 3 aliphatic carbocycles. The topological polar surface area (TPSA) is 66.8 Å². The van der Waals surface area contributed by atoms with E-state index in [1.807, 2.05) is 18.9 Å². The van der Waals surface area contributed by atoms with Crippen LogP contribution in [0.25, 0.3) is 0 Å². The van der Waals surface area contributed by atoms with E-state index in [4.69, 9.17) is 4.84 Å². The molecule has 5 nitrogen and oxygen atoms in total. The summed E-state index contributed by atoms with van der Waals surface area (Å²) in [7, 11) is 0. The van der Waals surface area contributed by atoms with Crippen molar-refractivity contribution in [2.45, 2.75) is 96.6 Å². The Morgan fingerprint density at radius 3 is 2.55 bits per heavy atom. The summed E-state index contributed by atoms with van der Waals surface area (Å²) in [5, 5.41) is 11.8. The summed E-state index contributed by atoms with van der Waals surface area (Å²) < 4.78 is 32.1. The maximum atomic E-state index is 17.0. The third kappa shape index (κ3) is 3.32. The van der Waals surface area contributed by atoms with Crippen molar-refractivity contribution in [3.63, 3.8) is 0 Å². The van der Waals surface area contributed by atoms with E-state index in [0.29, 0.717) is 19.4 Å². The van der Waals surface area contributed by atoms with Gasteiger partial charge in [0.15, 0.2) is 17.2 Å². The molecule has 4 aliphatic rings. The van der Waals surface area contributed by atoms with Crippen molar-refractivity contribution in [3.8, 4) is 0 Å². The number of alkyl halides is 2. The van der Waals surface area contributed by atoms with Crippen LogP contribution in [0, 0.1) is 28.6 Å². The number of carbonyl (C=O) groups excluding carboxylic acids is 2. The second-order valence-corrected chi connectivity index (χ2v) is 11.6. The molecule has 1 saturated heterocycles. The molecule has 0 bridgehead atoms. The number of Topliss-reactive ketones (excluding diaryl/α,β-unsaturated/α-hetero) is 1. The summed E-state index contributed by atoms with van der Waals surface area (Å²) in [6.45, 7) is 9.19. The predicted molar refractivity (Wildman–Crippen MR) is 121 cm³/mol.